The highest BCUT2D eigenvalue weighted by Crippen LogP contribution is 2.22. The Morgan fingerprint density at radius 3 is 2.40 bits per heavy atom. The van der Waals surface area contributed by atoms with Gasteiger partial charge < -0.3 is 10.1 Å². The Kier molecular flexibility index (Phi) is 5.94. The van der Waals surface area contributed by atoms with Gasteiger partial charge in [0.05, 0.1) is 19.6 Å². The largest absolute Gasteiger partial charge is 0.469 e. The van der Waals surface area contributed by atoms with Crippen LogP contribution in [0.25, 0.3) is 0 Å². The van der Waals surface area contributed by atoms with Crippen molar-refractivity contribution < 1.29 is 27.1 Å². The molecular weight excluding hydrogens is 278 g/mol. The second-order valence-corrected chi connectivity index (χ2v) is 4.18. The summed E-state index contributed by atoms with van der Waals surface area (Å²) in [5.41, 5.74) is 0.562. The number of hydrogen-bond donors (Lipinski definition) is 1. The normalized spacial score (nSPS) is 13.3. The summed E-state index contributed by atoms with van der Waals surface area (Å²) in [6.45, 7) is -1.41. The number of nitrogens with one attached hydrogen (secondary N) is 1. The third kappa shape index (κ3) is 4.48. The lowest BCUT2D eigenvalue weighted by atomic mass is 9.99. The molecule has 0 aliphatic heterocycles. The first-order valence-corrected chi connectivity index (χ1v) is 5.88. The monoisotopic (exact) mass is 293 g/mol. The number of hydrogen-bond acceptors (Lipinski definition) is 3. The van der Waals surface area contributed by atoms with Crippen LogP contribution in [0.2, 0.25) is 0 Å². The van der Waals surface area contributed by atoms with Gasteiger partial charge in [0, 0.05) is 6.54 Å². The number of carbonyl (C=O) groups is 1. The molecule has 112 valence electrons. The van der Waals surface area contributed by atoms with Gasteiger partial charge in [-0.1, -0.05) is 30.3 Å². The van der Waals surface area contributed by atoms with Crippen molar-refractivity contribution >= 4 is 5.97 Å². The molecule has 0 aromatic heterocycles. The van der Waals surface area contributed by atoms with Crippen molar-refractivity contribution in [2.45, 2.75) is 18.3 Å². The van der Waals surface area contributed by atoms with Crippen LogP contribution in [0.1, 0.15) is 11.5 Å². The molecule has 0 saturated carbocycles. The van der Waals surface area contributed by atoms with Crippen molar-refractivity contribution in [1.82, 2.24) is 5.32 Å². The molecule has 1 unspecified atom stereocenters. The van der Waals surface area contributed by atoms with E-state index in [1.54, 1.807) is 30.3 Å². The van der Waals surface area contributed by atoms with Crippen LogP contribution in [0.5, 0.6) is 0 Å². The van der Waals surface area contributed by atoms with Gasteiger partial charge in [-0.15, -0.1) is 0 Å². The molecule has 0 fully saturated rings. The molecule has 1 N–H and O–H groups in total. The van der Waals surface area contributed by atoms with Crippen LogP contribution in [-0.2, 0) is 9.53 Å². The fourth-order valence-electron chi connectivity index (χ4n) is 1.63. The van der Waals surface area contributed by atoms with Gasteiger partial charge in [-0.3, -0.25) is 4.79 Å². The zero-order valence-corrected chi connectivity index (χ0v) is 10.8. The Balaban J connectivity index is 2.66. The molecule has 1 aromatic carbocycles. The quantitative estimate of drug-likeness (QED) is 0.620. The summed E-state index contributed by atoms with van der Waals surface area (Å²) < 4.78 is 54.1. The van der Waals surface area contributed by atoms with Gasteiger partial charge in [0.15, 0.2) is 0 Å². The molecule has 0 aliphatic carbocycles. The van der Waals surface area contributed by atoms with Crippen LogP contribution < -0.4 is 5.32 Å². The van der Waals surface area contributed by atoms with E-state index in [9.17, 15) is 22.4 Å². The van der Waals surface area contributed by atoms with E-state index in [4.69, 9.17) is 0 Å². The standard InChI is InChI=1S/C13H15F4NO2/c1-20-11(19)10(9-5-3-2-4-6-9)7-18-8-13(16,17)12(14)15/h2-6,10,12,18H,7-8H2,1H3. The predicted octanol–water partition coefficient (Wildman–Crippen LogP) is 2.43. The Morgan fingerprint density at radius 2 is 1.90 bits per heavy atom. The van der Waals surface area contributed by atoms with Crippen LogP contribution in [0.3, 0.4) is 0 Å². The lowest BCUT2D eigenvalue weighted by molar-refractivity contribution is -0.143. The number of rotatable bonds is 7. The Bertz CT molecular complexity index is 426. The van der Waals surface area contributed by atoms with Crippen molar-refractivity contribution in [2.24, 2.45) is 0 Å². The molecule has 0 heterocycles. The van der Waals surface area contributed by atoms with Crippen LogP contribution in [0, 0.1) is 0 Å². The Labute approximate surface area is 113 Å². The van der Waals surface area contributed by atoms with Crippen LogP contribution in [0.4, 0.5) is 17.6 Å². The molecule has 7 heteroatoms. The topological polar surface area (TPSA) is 38.3 Å². The highest BCUT2D eigenvalue weighted by atomic mass is 19.3. The van der Waals surface area contributed by atoms with Crippen LogP contribution in [-0.4, -0.2) is 38.5 Å². The molecule has 1 aromatic rings. The number of benzene rings is 1. The van der Waals surface area contributed by atoms with E-state index < -0.39 is 30.8 Å². The first-order valence-electron chi connectivity index (χ1n) is 5.88. The average Bonchev–Trinajstić information content (AvgIpc) is 2.43. The molecule has 20 heavy (non-hydrogen) atoms. The second-order valence-electron chi connectivity index (χ2n) is 4.18. The number of ether oxygens (including phenoxy) is 1. The molecule has 0 amide bonds. The zero-order valence-electron chi connectivity index (χ0n) is 10.8. The van der Waals surface area contributed by atoms with Gasteiger partial charge in [0.25, 0.3) is 0 Å². The minimum absolute atomic E-state index is 0.209. The third-order valence-electron chi connectivity index (χ3n) is 2.72. The minimum Gasteiger partial charge on any atom is -0.469 e. The Hall–Kier alpha value is -1.63. The van der Waals surface area contributed by atoms with Gasteiger partial charge in [-0.05, 0) is 5.56 Å². The smallest absolute Gasteiger partial charge is 0.319 e. The van der Waals surface area contributed by atoms with Crippen molar-refractivity contribution in [3.05, 3.63) is 35.9 Å². The molecule has 1 rings (SSSR count). The fourth-order valence-corrected chi connectivity index (χ4v) is 1.63. The fraction of sp³-hybridized carbons (Fsp3) is 0.462. The summed E-state index contributed by atoms with van der Waals surface area (Å²) in [5.74, 6) is -5.57. The summed E-state index contributed by atoms with van der Waals surface area (Å²) in [5, 5.41) is 2.19. The number of halogens is 4. The molecule has 0 aliphatic rings. The van der Waals surface area contributed by atoms with Crippen LogP contribution >= 0.6 is 0 Å². The van der Waals surface area contributed by atoms with E-state index in [1.165, 1.54) is 7.11 Å². The molecule has 0 saturated heterocycles. The lowest BCUT2D eigenvalue weighted by Gasteiger charge is -2.19. The summed E-state index contributed by atoms with van der Waals surface area (Å²) >= 11 is 0. The first kappa shape index (κ1) is 16.4. The SMILES string of the molecule is COC(=O)C(CNCC(F)(F)C(F)F)c1ccccc1. The van der Waals surface area contributed by atoms with Gasteiger partial charge in [-0.2, -0.15) is 8.78 Å². The van der Waals surface area contributed by atoms with Gasteiger partial charge in [0.1, 0.15) is 0 Å². The van der Waals surface area contributed by atoms with E-state index in [0.717, 1.165) is 0 Å². The summed E-state index contributed by atoms with van der Waals surface area (Å²) in [6, 6.07) is 8.36. The average molecular weight is 293 g/mol. The van der Waals surface area contributed by atoms with E-state index >= 15 is 0 Å². The highest BCUT2D eigenvalue weighted by molar-refractivity contribution is 5.78. The molecule has 0 bridgehead atoms. The van der Waals surface area contributed by atoms with E-state index in [-0.39, 0.29) is 6.54 Å². The molecule has 1 atom stereocenters. The van der Waals surface area contributed by atoms with Crippen LogP contribution in [0.15, 0.2) is 30.3 Å². The lowest BCUT2D eigenvalue weighted by Crippen LogP contribution is -2.41. The number of methoxy groups -OCH3 is 1. The van der Waals surface area contributed by atoms with Gasteiger partial charge in [0.2, 0.25) is 0 Å². The van der Waals surface area contributed by atoms with Gasteiger partial charge >= 0.3 is 18.3 Å². The predicted molar refractivity (Wildman–Crippen MR) is 65.0 cm³/mol. The van der Waals surface area contributed by atoms with Gasteiger partial charge in [-0.25, -0.2) is 8.78 Å². The second kappa shape index (κ2) is 7.23. The molecule has 3 nitrogen and oxygen atoms in total. The van der Waals surface area contributed by atoms with Crippen molar-refractivity contribution in [3.8, 4) is 0 Å². The number of alkyl halides is 4. The molecule has 0 radical (unpaired) electrons. The van der Waals surface area contributed by atoms with E-state index in [1.807, 2.05) is 0 Å². The van der Waals surface area contributed by atoms with E-state index in [0.29, 0.717) is 5.56 Å². The van der Waals surface area contributed by atoms with Crippen molar-refractivity contribution in [1.29, 1.82) is 0 Å². The number of carbonyl (C=O) groups excluding carboxylic acids is 1. The summed E-state index contributed by atoms with van der Waals surface area (Å²) in [6.07, 6.45) is -3.75. The highest BCUT2D eigenvalue weighted by Gasteiger charge is 2.40. The summed E-state index contributed by atoms with van der Waals surface area (Å²) in [4.78, 5) is 11.6. The molecular formula is C13H15F4NO2. The number of esters is 1. The van der Waals surface area contributed by atoms with Crippen molar-refractivity contribution in [2.75, 3.05) is 20.2 Å². The minimum atomic E-state index is -4.13. The summed E-state index contributed by atoms with van der Waals surface area (Å²) in [7, 11) is 1.17. The molecule has 0 spiro atoms. The van der Waals surface area contributed by atoms with Crippen molar-refractivity contribution in [3.63, 3.8) is 0 Å². The maximum Gasteiger partial charge on any atom is 0.319 e. The van der Waals surface area contributed by atoms with E-state index in [2.05, 4.69) is 10.1 Å². The maximum atomic E-state index is 12.8. The Morgan fingerprint density at radius 1 is 1.30 bits per heavy atom. The third-order valence-corrected chi connectivity index (χ3v) is 2.72. The first-order chi connectivity index (χ1) is 9.38. The maximum absolute atomic E-state index is 12.8. The zero-order chi connectivity index (χ0) is 15.2.